The lowest BCUT2D eigenvalue weighted by molar-refractivity contribution is -0.142. The number of nitrogens with zero attached hydrogens (tertiary/aromatic N) is 4. The second kappa shape index (κ2) is 17.0. The molecule has 13 heteroatoms. The van der Waals surface area contributed by atoms with Gasteiger partial charge in [-0.1, -0.05) is 62.4 Å². The van der Waals surface area contributed by atoms with Crippen molar-refractivity contribution >= 4 is 57.3 Å². The van der Waals surface area contributed by atoms with E-state index in [-0.39, 0.29) is 47.9 Å². The lowest BCUT2D eigenvalue weighted by Crippen LogP contribution is -2.55. The topological polar surface area (TPSA) is 151 Å². The van der Waals surface area contributed by atoms with Crippen LogP contribution in [0, 0.1) is 17.8 Å². The van der Waals surface area contributed by atoms with Crippen LogP contribution in [0.4, 0.5) is 9.59 Å². The molecule has 2 N–H and O–H groups in total. The van der Waals surface area contributed by atoms with Gasteiger partial charge in [-0.3, -0.25) is 19.6 Å². The highest BCUT2D eigenvalue weighted by Crippen LogP contribution is 2.47. The standard InChI is InChI=1S/C47H54N6O7/c1-26(2)43(50-46(56)58-5)45(55)52-19-7-8-38(52)36-22-35(25-48-36)33-16-15-31-20-30(13-14-32(31)21-33)28-9-11-29(12-10-28)34-23-37(49-24-34)41-39-17-18-40(60-39)42(41)44(54)53(27(3)4)51-47(57)59-6/h9-16,20-21,24-27,38-43H,7-8,17-19,22-23H2,1-6H3,(H,50,56)(H,51,57)/t38-,39?,40?,41?,42-,43-/m0/s1. The third-order valence-corrected chi connectivity index (χ3v) is 12.7. The number of nitrogens with one attached hydrogen (secondary N) is 2. The monoisotopic (exact) mass is 814 g/mol. The summed E-state index contributed by atoms with van der Waals surface area (Å²) in [7, 11) is 2.58. The fourth-order valence-corrected chi connectivity index (χ4v) is 9.57. The fraction of sp³-hybridized carbons (Fsp3) is 0.447. The summed E-state index contributed by atoms with van der Waals surface area (Å²) >= 11 is 0. The van der Waals surface area contributed by atoms with Gasteiger partial charge < -0.3 is 24.4 Å². The van der Waals surface area contributed by atoms with E-state index in [1.807, 2.05) is 45.0 Å². The second-order valence-corrected chi connectivity index (χ2v) is 17.1. The number of amides is 4. The number of likely N-dealkylation sites (tertiary alicyclic amines) is 1. The molecule has 8 rings (SSSR count). The van der Waals surface area contributed by atoms with Crippen LogP contribution in [0.2, 0.25) is 0 Å². The lowest BCUT2D eigenvalue weighted by atomic mass is 9.74. The van der Waals surface area contributed by atoms with E-state index in [4.69, 9.17) is 24.2 Å². The molecule has 314 valence electrons. The van der Waals surface area contributed by atoms with E-state index in [0.717, 1.165) is 81.3 Å². The van der Waals surface area contributed by atoms with Gasteiger partial charge in [0, 0.05) is 55.2 Å². The van der Waals surface area contributed by atoms with Gasteiger partial charge in [0.1, 0.15) is 6.04 Å². The minimum Gasteiger partial charge on any atom is -0.453 e. The van der Waals surface area contributed by atoms with E-state index >= 15 is 0 Å². The van der Waals surface area contributed by atoms with Crippen molar-refractivity contribution in [1.29, 1.82) is 0 Å². The SMILES string of the molecule is COC(=O)N[C@H](C(=O)N1CCC[C@H]1C1=NC=C(c2ccc3cc(-c4ccc(C5=CN=C(C6C7CCC(O7)[C@@H]6C(=O)N(NC(=O)OC)C(C)C)C5)cc4)ccc3c2)C1)C(C)C. The first-order chi connectivity index (χ1) is 28.9. The Morgan fingerprint density at radius 1 is 0.750 bits per heavy atom. The molecule has 3 saturated heterocycles. The summed E-state index contributed by atoms with van der Waals surface area (Å²) in [6.07, 6.45) is 7.03. The van der Waals surface area contributed by atoms with Gasteiger partial charge in [0.25, 0.3) is 0 Å². The third-order valence-electron chi connectivity index (χ3n) is 12.7. The predicted octanol–water partition coefficient (Wildman–Crippen LogP) is 7.55. The van der Waals surface area contributed by atoms with Gasteiger partial charge in [0.15, 0.2) is 0 Å². The van der Waals surface area contributed by atoms with Crippen molar-refractivity contribution in [2.24, 2.45) is 27.7 Å². The van der Waals surface area contributed by atoms with Gasteiger partial charge in [-0.15, -0.1) is 0 Å². The first-order valence-corrected chi connectivity index (χ1v) is 21.1. The van der Waals surface area contributed by atoms with Gasteiger partial charge in [0.05, 0.1) is 38.4 Å². The second-order valence-electron chi connectivity index (χ2n) is 17.1. The highest BCUT2D eigenvalue weighted by atomic mass is 16.5. The highest BCUT2D eigenvalue weighted by molar-refractivity contribution is 6.05. The summed E-state index contributed by atoms with van der Waals surface area (Å²) in [4.78, 5) is 63.2. The Morgan fingerprint density at radius 3 is 2.03 bits per heavy atom. The van der Waals surface area contributed by atoms with Crippen molar-refractivity contribution in [3.63, 3.8) is 0 Å². The van der Waals surface area contributed by atoms with Crippen molar-refractivity contribution in [1.82, 2.24) is 20.7 Å². The first-order valence-electron chi connectivity index (χ1n) is 21.1. The maximum absolute atomic E-state index is 13.9. The van der Waals surface area contributed by atoms with Gasteiger partial charge in [-0.2, -0.15) is 0 Å². The van der Waals surface area contributed by atoms with E-state index in [0.29, 0.717) is 19.4 Å². The predicted molar refractivity (Wildman–Crippen MR) is 231 cm³/mol. The maximum Gasteiger partial charge on any atom is 0.425 e. The Balaban J connectivity index is 0.900. The molecule has 0 spiro atoms. The van der Waals surface area contributed by atoms with Crippen molar-refractivity contribution in [3.8, 4) is 11.1 Å². The smallest absolute Gasteiger partial charge is 0.425 e. The summed E-state index contributed by atoms with van der Waals surface area (Å²) in [5.41, 5.74) is 11.2. The zero-order chi connectivity index (χ0) is 42.2. The number of hydrogen-bond donors (Lipinski definition) is 2. The molecule has 0 aromatic heterocycles. The number of carbonyl (C=O) groups excluding carboxylic acids is 4. The average Bonchev–Trinajstić information content (AvgIpc) is 4.12. The van der Waals surface area contributed by atoms with Gasteiger partial charge in [-0.25, -0.2) is 20.0 Å². The summed E-state index contributed by atoms with van der Waals surface area (Å²) < 4.78 is 15.9. The van der Waals surface area contributed by atoms with E-state index < -0.39 is 24.1 Å². The lowest BCUT2D eigenvalue weighted by Gasteiger charge is -2.34. The molecular weight excluding hydrogens is 761 g/mol. The molecule has 2 bridgehead atoms. The fourth-order valence-electron chi connectivity index (χ4n) is 9.57. The molecule has 6 atom stereocenters. The van der Waals surface area contributed by atoms with Gasteiger partial charge >= 0.3 is 12.2 Å². The minimum absolute atomic E-state index is 0.0725. The van der Waals surface area contributed by atoms with Crippen LogP contribution in [0.1, 0.15) is 77.3 Å². The van der Waals surface area contributed by atoms with Crippen molar-refractivity contribution in [2.45, 2.75) is 96.6 Å². The van der Waals surface area contributed by atoms with Gasteiger partial charge in [-0.05, 0) is 102 Å². The zero-order valence-corrected chi connectivity index (χ0v) is 35.1. The third kappa shape index (κ3) is 7.94. The summed E-state index contributed by atoms with van der Waals surface area (Å²) in [5, 5.41) is 6.36. The van der Waals surface area contributed by atoms with Crippen LogP contribution < -0.4 is 10.7 Å². The molecular formula is C47H54N6O7. The van der Waals surface area contributed by atoms with E-state index in [1.165, 1.54) is 19.2 Å². The number of hydrogen-bond acceptors (Lipinski definition) is 9. The van der Waals surface area contributed by atoms with Crippen LogP contribution in [0.25, 0.3) is 33.0 Å². The van der Waals surface area contributed by atoms with Crippen LogP contribution in [0.3, 0.4) is 0 Å². The summed E-state index contributed by atoms with van der Waals surface area (Å²) in [6, 6.07) is 20.6. The molecule has 3 unspecified atom stereocenters. The molecule has 3 fully saturated rings. The molecule has 60 heavy (non-hydrogen) atoms. The molecule has 3 aromatic carbocycles. The minimum atomic E-state index is -0.679. The van der Waals surface area contributed by atoms with Crippen LogP contribution in [0.5, 0.6) is 0 Å². The number of benzene rings is 3. The van der Waals surface area contributed by atoms with Crippen LogP contribution in [-0.4, -0.2) is 96.4 Å². The number of ether oxygens (including phenoxy) is 3. The van der Waals surface area contributed by atoms with Crippen LogP contribution >= 0.6 is 0 Å². The van der Waals surface area contributed by atoms with Gasteiger partial charge in [0.2, 0.25) is 11.8 Å². The Hall–Kier alpha value is -5.82. The Bertz CT molecular complexity index is 2310. The molecule has 0 saturated carbocycles. The zero-order valence-electron chi connectivity index (χ0n) is 35.1. The normalized spacial score (nSPS) is 23.7. The van der Waals surface area contributed by atoms with Crippen molar-refractivity contribution < 1.29 is 33.4 Å². The van der Waals surface area contributed by atoms with E-state index in [1.54, 1.807) is 0 Å². The summed E-state index contributed by atoms with van der Waals surface area (Å²) in [5.74, 6) is -0.939. The van der Waals surface area contributed by atoms with Crippen molar-refractivity contribution in [3.05, 3.63) is 84.2 Å². The quantitative estimate of drug-likeness (QED) is 0.201. The molecule has 5 aliphatic rings. The van der Waals surface area contributed by atoms with E-state index in [2.05, 4.69) is 71.4 Å². The Morgan fingerprint density at radius 2 is 1.35 bits per heavy atom. The number of carbonyl (C=O) groups is 4. The molecule has 4 amide bonds. The highest BCUT2D eigenvalue weighted by Gasteiger charge is 2.55. The molecule has 5 aliphatic heterocycles. The number of rotatable bonds is 10. The average molecular weight is 815 g/mol. The molecule has 0 radical (unpaired) electrons. The number of methoxy groups -OCH3 is 2. The van der Waals surface area contributed by atoms with E-state index in [9.17, 15) is 19.2 Å². The number of aliphatic imine (C=N–C) groups is 2. The number of allylic oxidation sites excluding steroid dienone is 2. The summed E-state index contributed by atoms with van der Waals surface area (Å²) in [6.45, 7) is 8.19. The van der Waals surface area contributed by atoms with Crippen LogP contribution in [-0.2, 0) is 23.8 Å². The number of hydrazine groups is 1. The largest absolute Gasteiger partial charge is 0.453 e. The number of alkyl carbamates (subject to hydrolysis) is 1. The maximum atomic E-state index is 13.9. The first kappa shape index (κ1) is 40.9. The number of fused-ring (bicyclic) bond motifs is 3. The van der Waals surface area contributed by atoms with Crippen LogP contribution in [0.15, 0.2) is 83.0 Å². The molecule has 13 nitrogen and oxygen atoms in total. The molecule has 5 heterocycles. The molecule has 3 aromatic rings. The Kier molecular flexibility index (Phi) is 11.6. The molecule has 0 aliphatic carbocycles. The van der Waals surface area contributed by atoms with Crippen molar-refractivity contribution in [2.75, 3.05) is 20.8 Å². The Labute approximate surface area is 350 Å².